The summed E-state index contributed by atoms with van der Waals surface area (Å²) >= 11 is 6.56. The number of carbonyl (C=O) groups is 1. The molecule has 3 N–H and O–H groups in total. The van der Waals surface area contributed by atoms with Gasteiger partial charge in [-0.2, -0.15) is 4.98 Å². The van der Waals surface area contributed by atoms with E-state index in [1.165, 1.54) is 6.20 Å². The second-order valence-electron chi connectivity index (χ2n) is 12.0. The maximum absolute atomic E-state index is 13.4. The number of rotatable bonds is 12. The number of amides is 1. The van der Waals surface area contributed by atoms with Gasteiger partial charge in [-0.3, -0.25) is 9.36 Å². The Balaban J connectivity index is 1.37. The van der Waals surface area contributed by atoms with Crippen molar-refractivity contribution in [3.05, 3.63) is 57.9 Å². The molecule has 0 saturated heterocycles. The van der Waals surface area contributed by atoms with Gasteiger partial charge in [0.25, 0.3) is 5.91 Å². The minimum atomic E-state index is -3.29. The lowest BCUT2D eigenvalue weighted by Gasteiger charge is -2.44. The van der Waals surface area contributed by atoms with Crippen molar-refractivity contribution in [3.63, 3.8) is 0 Å². The molecule has 244 valence electrons. The minimum absolute atomic E-state index is 0.0305. The van der Waals surface area contributed by atoms with E-state index in [9.17, 15) is 14.5 Å². The maximum Gasteiger partial charge on any atom is 0.335 e. The van der Waals surface area contributed by atoms with Crippen LogP contribution in [0, 0.1) is 11.3 Å². The van der Waals surface area contributed by atoms with E-state index in [1.807, 2.05) is 13.1 Å². The smallest absolute Gasteiger partial charge is 0.335 e. The highest BCUT2D eigenvalue weighted by Gasteiger charge is 2.47. The Hall–Kier alpha value is -2.95. The van der Waals surface area contributed by atoms with Crippen LogP contribution < -0.4 is 15.4 Å². The maximum atomic E-state index is 13.4. The Morgan fingerprint density at radius 3 is 2.53 bits per heavy atom. The second-order valence-corrected chi connectivity index (χ2v) is 14.5. The van der Waals surface area contributed by atoms with Crippen molar-refractivity contribution in [2.75, 3.05) is 44.5 Å². The number of allylic oxidation sites excluding steroid dienone is 1. The molecule has 1 aliphatic heterocycles. The number of methoxy groups -OCH3 is 1. The summed E-state index contributed by atoms with van der Waals surface area (Å²) in [5, 5.41) is 16.9. The van der Waals surface area contributed by atoms with Crippen LogP contribution in [0.15, 0.2) is 47.3 Å². The normalized spacial score (nSPS) is 23.6. The van der Waals surface area contributed by atoms with E-state index in [2.05, 4.69) is 33.6 Å². The Labute approximate surface area is 269 Å². The molecule has 5 rings (SSSR count). The number of aromatic nitrogens is 2. The van der Waals surface area contributed by atoms with Gasteiger partial charge in [-0.1, -0.05) is 30.7 Å². The first-order chi connectivity index (χ1) is 21.5. The van der Waals surface area contributed by atoms with E-state index in [0.717, 1.165) is 43.2 Å². The van der Waals surface area contributed by atoms with Crippen LogP contribution in [0.3, 0.4) is 0 Å². The molecule has 1 unspecified atom stereocenters. The van der Waals surface area contributed by atoms with Crippen LogP contribution in [0.25, 0.3) is 0 Å². The van der Waals surface area contributed by atoms with E-state index in [1.54, 1.807) is 38.0 Å². The lowest BCUT2D eigenvalue weighted by atomic mass is 9.61. The number of aliphatic hydroxyl groups excluding tert-OH is 1. The quantitative estimate of drug-likeness (QED) is 0.212. The Bertz CT molecular complexity index is 1530. The fourth-order valence-electron chi connectivity index (χ4n) is 6.68. The average Bonchev–Trinajstić information content (AvgIpc) is 3.32. The van der Waals surface area contributed by atoms with Crippen molar-refractivity contribution < 1.29 is 28.3 Å². The van der Waals surface area contributed by atoms with Crippen LogP contribution in [-0.2, 0) is 24.6 Å². The second kappa shape index (κ2) is 13.8. The van der Waals surface area contributed by atoms with Gasteiger partial charge in [0.15, 0.2) is 5.82 Å². The molecule has 13 heteroatoms. The standard InChI is InChI=1S/C32H43ClN5O6P/c1-6-43-45(41,44-7-2)19-20-8-13-25(27(16-20)42-5)36-31-34-17-24(33)29(37-31)35-26-14-15-32(3,21-9-11-22(39)12-10-21)23-18-38(4)30(40)28(23)26/h8,13-14,16-17,21-22,39H,6-7,9-12,15,18-19H2,1-5H3,(H2,34,35,36,37). The first-order valence-electron chi connectivity index (χ1n) is 15.5. The predicted octanol–water partition coefficient (Wildman–Crippen LogP) is 6.67. The summed E-state index contributed by atoms with van der Waals surface area (Å²) in [4.78, 5) is 24.2. The van der Waals surface area contributed by atoms with E-state index < -0.39 is 7.60 Å². The zero-order valence-corrected chi connectivity index (χ0v) is 28.2. The topological polar surface area (TPSA) is 135 Å². The Morgan fingerprint density at radius 1 is 1.16 bits per heavy atom. The van der Waals surface area contributed by atoms with Crippen molar-refractivity contribution >= 4 is 42.6 Å². The molecule has 1 saturated carbocycles. The van der Waals surface area contributed by atoms with Crippen LogP contribution in [0.5, 0.6) is 5.75 Å². The van der Waals surface area contributed by atoms with Gasteiger partial charge in [-0.25, -0.2) is 4.98 Å². The van der Waals surface area contributed by atoms with Gasteiger partial charge in [0.05, 0.1) is 50.0 Å². The van der Waals surface area contributed by atoms with Crippen molar-refractivity contribution in [1.29, 1.82) is 0 Å². The molecule has 0 bridgehead atoms. The largest absolute Gasteiger partial charge is 0.495 e. The molecule has 1 aromatic heterocycles. The average molecular weight is 660 g/mol. The molecule has 1 aromatic carbocycles. The highest BCUT2D eigenvalue weighted by atomic mass is 35.5. The number of nitrogens with zero attached hydrogens (tertiary/aromatic N) is 3. The van der Waals surface area contributed by atoms with Crippen LogP contribution in [0.2, 0.25) is 5.02 Å². The Morgan fingerprint density at radius 2 is 1.87 bits per heavy atom. The SMILES string of the molecule is CCOP(=O)(Cc1ccc(Nc2ncc(Cl)c(NC3=CCC(C)(C4CCC(O)CC4)C4=C3C(=O)N(C)C4)n2)c(OC)c1)OCC. The predicted molar refractivity (Wildman–Crippen MR) is 175 cm³/mol. The fraction of sp³-hybridized carbons (Fsp3) is 0.531. The van der Waals surface area contributed by atoms with E-state index >= 15 is 0 Å². The van der Waals surface area contributed by atoms with Crippen LogP contribution in [0.4, 0.5) is 17.5 Å². The molecule has 11 nitrogen and oxygen atoms in total. The first-order valence-corrected chi connectivity index (χ1v) is 17.6. The molecule has 1 amide bonds. The highest BCUT2D eigenvalue weighted by molar-refractivity contribution is 7.53. The first kappa shape index (κ1) is 33.4. The monoisotopic (exact) mass is 659 g/mol. The third-order valence-electron chi connectivity index (χ3n) is 9.08. The number of hydrogen-bond acceptors (Lipinski definition) is 10. The molecular formula is C32H43ClN5O6P. The lowest BCUT2D eigenvalue weighted by molar-refractivity contribution is -0.124. The summed E-state index contributed by atoms with van der Waals surface area (Å²) in [6, 6.07) is 5.38. The van der Waals surface area contributed by atoms with Crippen LogP contribution in [-0.4, -0.2) is 65.9 Å². The molecule has 2 aliphatic carbocycles. The molecule has 45 heavy (non-hydrogen) atoms. The summed E-state index contributed by atoms with van der Waals surface area (Å²) < 4.78 is 29.5. The van der Waals surface area contributed by atoms with Gasteiger partial charge in [-0.05, 0) is 80.6 Å². The van der Waals surface area contributed by atoms with Gasteiger partial charge in [0.2, 0.25) is 5.95 Å². The van der Waals surface area contributed by atoms with Crippen molar-refractivity contribution in [2.45, 2.75) is 65.1 Å². The van der Waals surface area contributed by atoms with Crippen molar-refractivity contribution in [3.8, 4) is 5.75 Å². The third kappa shape index (κ3) is 7.08. The van der Waals surface area contributed by atoms with Gasteiger partial charge in [0, 0.05) is 19.3 Å². The van der Waals surface area contributed by atoms with Gasteiger partial charge < -0.3 is 34.4 Å². The number of carbonyl (C=O) groups excluding carboxylic acids is 1. The van der Waals surface area contributed by atoms with Crippen LogP contribution in [0.1, 0.15) is 58.4 Å². The highest BCUT2D eigenvalue weighted by Crippen LogP contribution is 2.53. The van der Waals surface area contributed by atoms with Crippen molar-refractivity contribution in [2.24, 2.45) is 11.3 Å². The number of benzene rings is 1. The molecule has 1 fully saturated rings. The molecule has 0 spiro atoms. The number of ether oxygens (including phenoxy) is 1. The number of nitrogens with one attached hydrogen (secondary N) is 2. The zero-order valence-electron chi connectivity index (χ0n) is 26.6. The van der Waals surface area contributed by atoms with E-state index in [-0.39, 0.29) is 42.8 Å². The summed E-state index contributed by atoms with van der Waals surface area (Å²) in [5.41, 5.74) is 3.67. The zero-order chi connectivity index (χ0) is 32.4. The fourth-order valence-corrected chi connectivity index (χ4v) is 8.50. The number of likely N-dealkylation sites (N-methyl/N-ethyl adjacent to an activating group) is 1. The summed E-state index contributed by atoms with van der Waals surface area (Å²) in [6.07, 6.45) is 7.70. The number of hydrogen-bond donors (Lipinski definition) is 3. The molecule has 3 aliphatic rings. The van der Waals surface area contributed by atoms with Gasteiger partial charge in [-0.15, -0.1) is 0 Å². The minimum Gasteiger partial charge on any atom is -0.495 e. The molecule has 2 aromatic rings. The molecule has 1 atom stereocenters. The molecule has 2 heterocycles. The van der Waals surface area contributed by atoms with E-state index in [4.69, 9.17) is 25.4 Å². The van der Waals surface area contributed by atoms with Crippen molar-refractivity contribution in [1.82, 2.24) is 14.9 Å². The molecule has 0 radical (unpaired) electrons. The lowest BCUT2D eigenvalue weighted by Crippen LogP contribution is -2.37. The van der Waals surface area contributed by atoms with Gasteiger partial charge >= 0.3 is 7.60 Å². The Kier molecular flexibility index (Phi) is 10.3. The number of anilines is 3. The summed E-state index contributed by atoms with van der Waals surface area (Å²) in [5.74, 6) is 1.50. The molecular weight excluding hydrogens is 617 g/mol. The third-order valence-corrected chi connectivity index (χ3v) is 11.4. The summed E-state index contributed by atoms with van der Waals surface area (Å²) in [7, 11) is 0.0855. The van der Waals surface area contributed by atoms with E-state index in [0.29, 0.717) is 46.0 Å². The number of aliphatic hydroxyl groups is 1. The summed E-state index contributed by atoms with van der Waals surface area (Å²) in [6.45, 7) is 6.95. The number of halogens is 1. The van der Waals surface area contributed by atoms with Gasteiger partial charge in [0.1, 0.15) is 10.8 Å². The van der Waals surface area contributed by atoms with Crippen LogP contribution >= 0.6 is 19.2 Å².